The van der Waals surface area contributed by atoms with Gasteiger partial charge in [-0.2, -0.15) is 0 Å². The number of hydrogen-bond donors (Lipinski definition) is 2. The van der Waals surface area contributed by atoms with E-state index in [0.717, 1.165) is 10.5 Å². The van der Waals surface area contributed by atoms with Crippen LogP contribution >= 0.6 is 0 Å². The molecule has 1 saturated heterocycles. The Morgan fingerprint density at radius 2 is 2.06 bits per heavy atom. The van der Waals surface area contributed by atoms with Gasteiger partial charge in [0.15, 0.2) is 0 Å². The molecule has 1 fully saturated rings. The lowest BCUT2D eigenvalue weighted by molar-refractivity contribution is -0.138. The van der Waals surface area contributed by atoms with E-state index in [1.54, 1.807) is 12.4 Å². The molecule has 0 aromatic carbocycles. The van der Waals surface area contributed by atoms with Gasteiger partial charge < -0.3 is 10.3 Å². The molecule has 18 heavy (non-hydrogen) atoms. The Labute approximate surface area is 104 Å². The van der Waals surface area contributed by atoms with E-state index < -0.39 is 0 Å². The molecule has 6 nitrogen and oxygen atoms in total. The molecule has 1 aliphatic rings. The van der Waals surface area contributed by atoms with Crippen LogP contribution in [0.15, 0.2) is 18.5 Å². The molecular weight excluding hydrogens is 234 g/mol. The number of likely N-dealkylation sites (tertiary alicyclic amines) is 1. The number of nitrogens with one attached hydrogen (secondary N) is 2. The van der Waals surface area contributed by atoms with Crippen LogP contribution in [0.4, 0.5) is 0 Å². The second kappa shape index (κ2) is 5.48. The molecule has 0 bridgehead atoms. The van der Waals surface area contributed by atoms with Crippen LogP contribution in [-0.4, -0.2) is 34.2 Å². The Balaban J connectivity index is 1.71. The monoisotopic (exact) mass is 249 g/mol. The van der Waals surface area contributed by atoms with Crippen molar-refractivity contribution < 1.29 is 14.4 Å². The number of aromatic nitrogens is 1. The van der Waals surface area contributed by atoms with E-state index in [1.165, 1.54) is 0 Å². The maximum absolute atomic E-state index is 11.5. The summed E-state index contributed by atoms with van der Waals surface area (Å²) in [5.41, 5.74) is 0.983. The second-order valence-corrected chi connectivity index (χ2v) is 4.19. The van der Waals surface area contributed by atoms with Crippen LogP contribution < -0.4 is 5.32 Å². The molecular formula is C12H15N3O3. The number of carbonyl (C=O) groups excluding carboxylic acids is 3. The summed E-state index contributed by atoms with van der Waals surface area (Å²) in [5, 5.41) is 2.73. The van der Waals surface area contributed by atoms with Crippen LogP contribution in [0.25, 0.3) is 0 Å². The van der Waals surface area contributed by atoms with Crippen molar-refractivity contribution in [3.8, 4) is 0 Å². The van der Waals surface area contributed by atoms with Crippen LogP contribution in [0.2, 0.25) is 0 Å². The van der Waals surface area contributed by atoms with Crippen LogP contribution in [0, 0.1) is 0 Å². The molecule has 0 unspecified atom stereocenters. The number of hydrogen-bond acceptors (Lipinski definition) is 3. The van der Waals surface area contributed by atoms with Gasteiger partial charge in [-0.05, 0) is 11.6 Å². The van der Waals surface area contributed by atoms with Gasteiger partial charge in [-0.15, -0.1) is 0 Å². The average molecular weight is 249 g/mol. The van der Waals surface area contributed by atoms with Crippen LogP contribution in [0.1, 0.15) is 24.8 Å². The first-order valence-corrected chi connectivity index (χ1v) is 5.88. The Morgan fingerprint density at radius 1 is 1.33 bits per heavy atom. The normalized spacial score (nSPS) is 15.2. The first kappa shape index (κ1) is 12.3. The van der Waals surface area contributed by atoms with Crippen LogP contribution in [0.3, 0.4) is 0 Å². The van der Waals surface area contributed by atoms with Gasteiger partial charge in [0, 0.05) is 44.7 Å². The standard InChI is InChI=1S/C12H15N3O3/c16-10(14-8-9-3-5-13-7-9)4-6-15-11(17)1-2-12(15)18/h3,5,7,13H,1-2,4,6,8H2,(H,14,16). The highest BCUT2D eigenvalue weighted by atomic mass is 16.2. The molecule has 0 saturated carbocycles. The number of carbonyl (C=O) groups is 3. The fourth-order valence-corrected chi connectivity index (χ4v) is 1.84. The minimum atomic E-state index is -0.182. The van der Waals surface area contributed by atoms with Gasteiger partial charge >= 0.3 is 0 Å². The molecule has 2 rings (SSSR count). The third kappa shape index (κ3) is 2.97. The molecule has 1 aromatic rings. The molecule has 2 N–H and O–H groups in total. The third-order valence-corrected chi connectivity index (χ3v) is 2.87. The predicted molar refractivity (Wildman–Crippen MR) is 63.2 cm³/mol. The lowest BCUT2D eigenvalue weighted by Crippen LogP contribution is -2.33. The number of aromatic amines is 1. The van der Waals surface area contributed by atoms with E-state index in [-0.39, 0.29) is 43.5 Å². The predicted octanol–water partition coefficient (Wildman–Crippen LogP) is 0.170. The molecule has 2 heterocycles. The molecule has 1 aromatic heterocycles. The van der Waals surface area contributed by atoms with Gasteiger partial charge in [0.05, 0.1) is 0 Å². The summed E-state index contributed by atoms with van der Waals surface area (Å²) in [6.45, 7) is 0.626. The summed E-state index contributed by atoms with van der Waals surface area (Å²) in [4.78, 5) is 38.2. The molecule has 0 radical (unpaired) electrons. The zero-order chi connectivity index (χ0) is 13.0. The highest BCUT2D eigenvalue weighted by Crippen LogP contribution is 2.11. The van der Waals surface area contributed by atoms with Crippen molar-refractivity contribution in [3.63, 3.8) is 0 Å². The Morgan fingerprint density at radius 3 is 2.67 bits per heavy atom. The summed E-state index contributed by atoms with van der Waals surface area (Å²) < 4.78 is 0. The van der Waals surface area contributed by atoms with E-state index in [0.29, 0.717) is 6.54 Å². The number of imide groups is 1. The van der Waals surface area contributed by atoms with Crippen molar-refractivity contribution in [2.45, 2.75) is 25.8 Å². The molecule has 0 aliphatic carbocycles. The number of amides is 3. The van der Waals surface area contributed by atoms with Crippen molar-refractivity contribution in [3.05, 3.63) is 24.0 Å². The highest BCUT2D eigenvalue weighted by molar-refractivity contribution is 6.02. The second-order valence-electron chi connectivity index (χ2n) is 4.19. The van der Waals surface area contributed by atoms with Crippen LogP contribution in [0.5, 0.6) is 0 Å². The Bertz CT molecular complexity index is 437. The summed E-state index contributed by atoms with van der Waals surface area (Å²) >= 11 is 0. The Hall–Kier alpha value is -2.11. The topological polar surface area (TPSA) is 82.3 Å². The summed E-state index contributed by atoms with van der Waals surface area (Å²) in [6, 6.07) is 1.87. The lowest BCUT2D eigenvalue weighted by Gasteiger charge is -2.13. The molecule has 1 aliphatic heterocycles. The fourth-order valence-electron chi connectivity index (χ4n) is 1.84. The first-order chi connectivity index (χ1) is 8.66. The quantitative estimate of drug-likeness (QED) is 0.730. The van der Waals surface area contributed by atoms with Gasteiger partial charge in [-0.25, -0.2) is 0 Å². The molecule has 0 spiro atoms. The van der Waals surface area contributed by atoms with E-state index in [1.807, 2.05) is 6.07 Å². The summed E-state index contributed by atoms with van der Waals surface area (Å²) in [7, 11) is 0. The first-order valence-electron chi connectivity index (χ1n) is 5.88. The van der Waals surface area contributed by atoms with Gasteiger partial charge in [-0.1, -0.05) is 0 Å². The fraction of sp³-hybridized carbons (Fsp3) is 0.417. The minimum absolute atomic E-state index is 0.155. The van der Waals surface area contributed by atoms with E-state index in [4.69, 9.17) is 0 Å². The molecule has 96 valence electrons. The van der Waals surface area contributed by atoms with Gasteiger partial charge in [-0.3, -0.25) is 19.3 Å². The van der Waals surface area contributed by atoms with Gasteiger partial charge in [0.1, 0.15) is 0 Å². The van der Waals surface area contributed by atoms with E-state index in [2.05, 4.69) is 10.3 Å². The van der Waals surface area contributed by atoms with E-state index >= 15 is 0 Å². The van der Waals surface area contributed by atoms with E-state index in [9.17, 15) is 14.4 Å². The average Bonchev–Trinajstić information content (AvgIpc) is 2.96. The molecule has 0 atom stereocenters. The largest absolute Gasteiger partial charge is 0.367 e. The van der Waals surface area contributed by atoms with Crippen molar-refractivity contribution in [1.29, 1.82) is 0 Å². The summed E-state index contributed by atoms with van der Waals surface area (Å²) in [5.74, 6) is -0.527. The number of H-pyrrole nitrogens is 1. The van der Waals surface area contributed by atoms with Gasteiger partial charge in [0.25, 0.3) is 0 Å². The highest BCUT2D eigenvalue weighted by Gasteiger charge is 2.28. The van der Waals surface area contributed by atoms with Crippen LogP contribution in [-0.2, 0) is 20.9 Å². The van der Waals surface area contributed by atoms with Crippen molar-refractivity contribution >= 4 is 17.7 Å². The lowest BCUT2D eigenvalue weighted by atomic mass is 10.3. The number of nitrogens with zero attached hydrogens (tertiary/aromatic N) is 1. The number of rotatable bonds is 5. The third-order valence-electron chi connectivity index (χ3n) is 2.87. The zero-order valence-corrected chi connectivity index (χ0v) is 9.94. The zero-order valence-electron chi connectivity index (χ0n) is 9.94. The van der Waals surface area contributed by atoms with Crippen molar-refractivity contribution in [2.24, 2.45) is 0 Å². The maximum atomic E-state index is 11.5. The molecule has 6 heteroatoms. The maximum Gasteiger partial charge on any atom is 0.229 e. The van der Waals surface area contributed by atoms with Gasteiger partial charge in [0.2, 0.25) is 17.7 Å². The molecule has 3 amide bonds. The van der Waals surface area contributed by atoms with Crippen molar-refractivity contribution in [2.75, 3.05) is 6.54 Å². The van der Waals surface area contributed by atoms with Crippen molar-refractivity contribution in [1.82, 2.24) is 15.2 Å². The Kier molecular flexibility index (Phi) is 3.76. The smallest absolute Gasteiger partial charge is 0.229 e. The summed E-state index contributed by atoms with van der Waals surface area (Å²) in [6.07, 6.45) is 4.27. The SMILES string of the molecule is O=C(CCN1C(=O)CCC1=O)NCc1cc[nH]c1. The minimum Gasteiger partial charge on any atom is -0.367 e.